The van der Waals surface area contributed by atoms with Crippen molar-refractivity contribution in [3.63, 3.8) is 0 Å². The molecule has 2 aromatic rings. The van der Waals surface area contributed by atoms with Gasteiger partial charge in [-0.15, -0.1) is 0 Å². The number of rotatable bonds is 4. The molecule has 5 heteroatoms. The van der Waals surface area contributed by atoms with Gasteiger partial charge in [0.25, 0.3) is 5.91 Å². The summed E-state index contributed by atoms with van der Waals surface area (Å²) in [4.78, 5) is 18.1. The summed E-state index contributed by atoms with van der Waals surface area (Å²) in [6.07, 6.45) is 1.60. The van der Waals surface area contributed by atoms with Gasteiger partial charge in [-0.25, -0.2) is 0 Å². The molecule has 1 amide bonds. The maximum absolute atomic E-state index is 12.5. The van der Waals surface area contributed by atoms with Crippen LogP contribution in [0.1, 0.15) is 23.0 Å². The second kappa shape index (κ2) is 6.53. The SMILES string of the molecule is CCNc1ccnc(C(=O)N(C)c2cccc(C#N)c2)c1. The summed E-state index contributed by atoms with van der Waals surface area (Å²) in [7, 11) is 1.67. The molecule has 5 nitrogen and oxygen atoms in total. The highest BCUT2D eigenvalue weighted by Gasteiger charge is 2.15. The van der Waals surface area contributed by atoms with Gasteiger partial charge < -0.3 is 10.2 Å². The van der Waals surface area contributed by atoms with Crippen LogP contribution in [0.2, 0.25) is 0 Å². The van der Waals surface area contributed by atoms with Crippen LogP contribution in [0, 0.1) is 11.3 Å². The van der Waals surface area contributed by atoms with E-state index >= 15 is 0 Å². The van der Waals surface area contributed by atoms with E-state index in [2.05, 4.69) is 16.4 Å². The van der Waals surface area contributed by atoms with E-state index in [-0.39, 0.29) is 5.91 Å². The van der Waals surface area contributed by atoms with Crippen LogP contribution in [0.4, 0.5) is 11.4 Å². The first kappa shape index (κ1) is 14.5. The van der Waals surface area contributed by atoms with Crippen LogP contribution in [0.5, 0.6) is 0 Å². The maximum Gasteiger partial charge on any atom is 0.276 e. The number of hydrogen-bond donors (Lipinski definition) is 1. The van der Waals surface area contributed by atoms with E-state index in [0.717, 1.165) is 12.2 Å². The van der Waals surface area contributed by atoms with Crippen LogP contribution in [0.25, 0.3) is 0 Å². The number of pyridine rings is 1. The zero-order valence-electron chi connectivity index (χ0n) is 12.0. The number of anilines is 2. The second-order valence-corrected chi connectivity index (χ2v) is 4.49. The Kier molecular flexibility index (Phi) is 4.52. The van der Waals surface area contributed by atoms with Gasteiger partial charge in [0.2, 0.25) is 0 Å². The van der Waals surface area contributed by atoms with Gasteiger partial charge in [0, 0.05) is 31.2 Å². The average Bonchev–Trinajstić information content (AvgIpc) is 2.54. The van der Waals surface area contributed by atoms with E-state index in [9.17, 15) is 4.79 Å². The van der Waals surface area contributed by atoms with Gasteiger partial charge in [0.1, 0.15) is 5.69 Å². The molecule has 0 aliphatic heterocycles. The summed E-state index contributed by atoms with van der Waals surface area (Å²) < 4.78 is 0. The van der Waals surface area contributed by atoms with Crippen molar-refractivity contribution in [2.24, 2.45) is 0 Å². The fraction of sp³-hybridized carbons (Fsp3) is 0.188. The summed E-state index contributed by atoms with van der Waals surface area (Å²) >= 11 is 0. The number of benzene rings is 1. The molecule has 0 fully saturated rings. The zero-order valence-corrected chi connectivity index (χ0v) is 12.0. The van der Waals surface area contributed by atoms with Crippen molar-refractivity contribution >= 4 is 17.3 Å². The van der Waals surface area contributed by atoms with E-state index < -0.39 is 0 Å². The van der Waals surface area contributed by atoms with Gasteiger partial charge in [-0.3, -0.25) is 9.78 Å². The quantitative estimate of drug-likeness (QED) is 0.934. The van der Waals surface area contributed by atoms with Gasteiger partial charge in [0.05, 0.1) is 11.6 Å². The molecule has 0 saturated heterocycles. The third kappa shape index (κ3) is 3.37. The largest absolute Gasteiger partial charge is 0.385 e. The van der Waals surface area contributed by atoms with Gasteiger partial charge in [-0.2, -0.15) is 5.26 Å². The molecule has 21 heavy (non-hydrogen) atoms. The van der Waals surface area contributed by atoms with Crippen molar-refractivity contribution in [3.05, 3.63) is 53.9 Å². The Morgan fingerprint density at radius 3 is 2.90 bits per heavy atom. The number of hydrogen-bond acceptors (Lipinski definition) is 4. The molecule has 0 atom stereocenters. The number of nitrogens with one attached hydrogen (secondary N) is 1. The van der Waals surface area contributed by atoms with Gasteiger partial charge in [-0.1, -0.05) is 6.07 Å². The third-order valence-electron chi connectivity index (χ3n) is 3.03. The van der Waals surface area contributed by atoms with Crippen LogP contribution in [-0.2, 0) is 0 Å². The Morgan fingerprint density at radius 1 is 1.38 bits per heavy atom. The molecule has 1 aromatic carbocycles. The lowest BCUT2D eigenvalue weighted by Gasteiger charge is -2.17. The Balaban J connectivity index is 2.26. The summed E-state index contributed by atoms with van der Waals surface area (Å²) in [6, 6.07) is 12.5. The fourth-order valence-corrected chi connectivity index (χ4v) is 1.93. The zero-order chi connectivity index (χ0) is 15.2. The molecular formula is C16H16N4O. The molecule has 0 aliphatic carbocycles. The minimum atomic E-state index is -0.218. The molecule has 2 rings (SSSR count). The lowest BCUT2D eigenvalue weighted by atomic mass is 10.2. The molecule has 0 spiro atoms. The predicted octanol–water partition coefficient (Wildman–Crippen LogP) is 2.66. The van der Waals surface area contributed by atoms with Gasteiger partial charge >= 0.3 is 0 Å². The fourth-order valence-electron chi connectivity index (χ4n) is 1.93. The first-order chi connectivity index (χ1) is 10.2. The number of nitriles is 1. The number of carbonyl (C=O) groups excluding carboxylic acids is 1. The molecule has 106 valence electrons. The topological polar surface area (TPSA) is 69.0 Å². The van der Waals surface area contributed by atoms with Gasteiger partial charge in [0.15, 0.2) is 0 Å². The number of nitrogens with zero attached hydrogens (tertiary/aromatic N) is 3. The van der Waals surface area contributed by atoms with Crippen molar-refractivity contribution in [1.82, 2.24) is 4.98 Å². The van der Waals surface area contributed by atoms with E-state index in [1.165, 1.54) is 4.90 Å². The lowest BCUT2D eigenvalue weighted by Crippen LogP contribution is -2.27. The van der Waals surface area contributed by atoms with Crippen LogP contribution in [0.15, 0.2) is 42.6 Å². The van der Waals surface area contributed by atoms with Crippen LogP contribution >= 0.6 is 0 Å². The summed E-state index contributed by atoms with van der Waals surface area (Å²) in [6.45, 7) is 2.76. The second-order valence-electron chi connectivity index (χ2n) is 4.49. The van der Waals surface area contributed by atoms with E-state index in [1.54, 1.807) is 43.6 Å². The van der Waals surface area contributed by atoms with Gasteiger partial charge in [-0.05, 0) is 37.3 Å². The van der Waals surface area contributed by atoms with E-state index in [4.69, 9.17) is 5.26 Å². The van der Waals surface area contributed by atoms with Crippen LogP contribution in [-0.4, -0.2) is 24.5 Å². The minimum Gasteiger partial charge on any atom is -0.385 e. The maximum atomic E-state index is 12.5. The monoisotopic (exact) mass is 280 g/mol. The van der Waals surface area contributed by atoms with Crippen molar-refractivity contribution in [2.45, 2.75) is 6.92 Å². The average molecular weight is 280 g/mol. The minimum absolute atomic E-state index is 0.218. The highest BCUT2D eigenvalue weighted by molar-refractivity contribution is 6.04. The Labute approximate surface area is 123 Å². The molecule has 0 bridgehead atoms. The third-order valence-corrected chi connectivity index (χ3v) is 3.03. The molecule has 0 radical (unpaired) electrons. The Bertz CT molecular complexity index is 691. The van der Waals surface area contributed by atoms with E-state index in [1.807, 2.05) is 13.0 Å². The molecule has 1 N–H and O–H groups in total. The molecule has 0 saturated carbocycles. The predicted molar refractivity (Wildman–Crippen MR) is 82.3 cm³/mol. The molecule has 1 aromatic heterocycles. The normalized spacial score (nSPS) is 9.76. The lowest BCUT2D eigenvalue weighted by molar-refractivity contribution is 0.0988. The van der Waals surface area contributed by atoms with Crippen LogP contribution in [0.3, 0.4) is 0 Å². The van der Waals surface area contributed by atoms with Crippen molar-refractivity contribution in [2.75, 3.05) is 23.8 Å². The molecule has 0 unspecified atom stereocenters. The van der Waals surface area contributed by atoms with E-state index in [0.29, 0.717) is 16.9 Å². The number of carbonyl (C=O) groups is 1. The summed E-state index contributed by atoms with van der Waals surface area (Å²) in [5.74, 6) is -0.218. The van der Waals surface area contributed by atoms with Crippen molar-refractivity contribution in [3.8, 4) is 6.07 Å². The highest BCUT2D eigenvalue weighted by Crippen LogP contribution is 2.17. The standard InChI is InChI=1S/C16H16N4O/c1-3-18-13-7-8-19-15(10-13)16(21)20(2)14-6-4-5-12(9-14)11-17/h4-10H,3H2,1-2H3,(H,18,19). The smallest absolute Gasteiger partial charge is 0.276 e. The first-order valence-electron chi connectivity index (χ1n) is 6.64. The van der Waals surface area contributed by atoms with Crippen molar-refractivity contribution < 1.29 is 4.79 Å². The summed E-state index contributed by atoms with van der Waals surface area (Å²) in [5, 5.41) is 12.1. The number of amides is 1. The molecule has 0 aliphatic rings. The Morgan fingerprint density at radius 2 is 2.19 bits per heavy atom. The molecule has 1 heterocycles. The summed E-state index contributed by atoms with van der Waals surface area (Å²) in [5.41, 5.74) is 2.39. The van der Waals surface area contributed by atoms with Crippen LogP contribution < -0.4 is 10.2 Å². The van der Waals surface area contributed by atoms with Crippen molar-refractivity contribution in [1.29, 1.82) is 5.26 Å². The highest BCUT2D eigenvalue weighted by atomic mass is 16.2. The Hall–Kier alpha value is -2.87. The molecular weight excluding hydrogens is 264 g/mol. The number of aromatic nitrogens is 1. The first-order valence-corrected chi connectivity index (χ1v) is 6.64.